The van der Waals surface area contributed by atoms with E-state index in [1.54, 1.807) is 10.7 Å². The largest absolute Gasteiger partial charge is 0.395 e. The molecule has 1 aliphatic carbocycles. The Morgan fingerprint density at radius 1 is 1.20 bits per heavy atom. The van der Waals surface area contributed by atoms with E-state index in [2.05, 4.69) is 31.8 Å². The van der Waals surface area contributed by atoms with Crippen LogP contribution in [0.2, 0.25) is 0 Å². The first-order valence-corrected chi connectivity index (χ1v) is 10.2. The Balaban J connectivity index is 1.64. The molecule has 3 heterocycles. The van der Waals surface area contributed by atoms with Gasteiger partial charge in [-0.1, -0.05) is 6.07 Å². The van der Waals surface area contributed by atoms with Crippen LogP contribution in [0.15, 0.2) is 30.6 Å². The van der Waals surface area contributed by atoms with Gasteiger partial charge in [-0.15, -0.1) is 0 Å². The number of pyridine rings is 1. The van der Waals surface area contributed by atoms with E-state index in [-0.39, 0.29) is 30.8 Å². The molecule has 8 nitrogen and oxygen atoms in total. The molecule has 0 atom stereocenters. The maximum Gasteiger partial charge on any atom is 0.207 e. The lowest BCUT2D eigenvalue weighted by Gasteiger charge is -2.28. The number of nitrogens with one attached hydrogen (secondary N) is 2. The van der Waals surface area contributed by atoms with Gasteiger partial charge in [-0.25, -0.2) is 14.5 Å². The average Bonchev–Trinajstić information content (AvgIpc) is 3.20. The summed E-state index contributed by atoms with van der Waals surface area (Å²) in [5, 5.41) is 28.4. The lowest BCUT2D eigenvalue weighted by atomic mass is 9.84. The fourth-order valence-electron chi connectivity index (χ4n) is 3.89. The Labute approximate surface area is 173 Å². The Hall–Kier alpha value is -3.25. The molecule has 156 valence electrons. The van der Waals surface area contributed by atoms with Crippen molar-refractivity contribution in [3.8, 4) is 17.5 Å². The Morgan fingerprint density at radius 2 is 2.00 bits per heavy atom. The smallest absolute Gasteiger partial charge is 0.207 e. The summed E-state index contributed by atoms with van der Waals surface area (Å²) >= 11 is 0. The van der Waals surface area contributed by atoms with Gasteiger partial charge in [0.1, 0.15) is 0 Å². The third-order valence-corrected chi connectivity index (χ3v) is 5.49. The molecule has 3 aromatic heterocycles. The second-order valence-corrected chi connectivity index (χ2v) is 7.52. The lowest BCUT2D eigenvalue weighted by Crippen LogP contribution is -2.27. The fourth-order valence-corrected chi connectivity index (χ4v) is 3.89. The van der Waals surface area contributed by atoms with Crippen LogP contribution in [0.4, 0.5) is 16.0 Å². The van der Waals surface area contributed by atoms with E-state index in [9.17, 15) is 0 Å². The molecule has 30 heavy (non-hydrogen) atoms. The maximum atomic E-state index is 15.1. The van der Waals surface area contributed by atoms with Gasteiger partial charge in [0.2, 0.25) is 5.82 Å². The van der Waals surface area contributed by atoms with E-state index < -0.39 is 5.82 Å². The molecule has 0 saturated heterocycles. The van der Waals surface area contributed by atoms with E-state index >= 15 is 4.39 Å². The van der Waals surface area contributed by atoms with E-state index in [0.717, 1.165) is 31.2 Å². The zero-order valence-electron chi connectivity index (χ0n) is 16.6. The first-order chi connectivity index (χ1) is 14.7. The van der Waals surface area contributed by atoms with Crippen molar-refractivity contribution in [2.24, 2.45) is 5.92 Å². The molecule has 0 bridgehead atoms. The summed E-state index contributed by atoms with van der Waals surface area (Å²) in [7, 11) is 0. The van der Waals surface area contributed by atoms with Gasteiger partial charge >= 0.3 is 0 Å². The van der Waals surface area contributed by atoms with Crippen LogP contribution in [0.25, 0.3) is 16.9 Å². The molecule has 0 amide bonds. The molecule has 1 saturated carbocycles. The molecule has 3 N–H and O–H groups in total. The number of hydrogen-bond acceptors (Lipinski definition) is 7. The predicted octanol–water partition coefficient (Wildman–Crippen LogP) is 3.22. The number of rotatable bonds is 7. The number of fused-ring (bicyclic) bond motifs is 1. The summed E-state index contributed by atoms with van der Waals surface area (Å²) in [6.45, 7) is 0.0437. The van der Waals surface area contributed by atoms with E-state index in [1.807, 2.05) is 24.4 Å². The summed E-state index contributed by atoms with van der Waals surface area (Å²) in [5.74, 6) is 0.394. The summed E-state index contributed by atoms with van der Waals surface area (Å²) in [6.07, 6.45) is 7.66. The topological polar surface area (TPSA) is 111 Å². The molecule has 1 aliphatic rings. The summed E-state index contributed by atoms with van der Waals surface area (Å²) in [5.41, 5.74) is 1.52. The lowest BCUT2D eigenvalue weighted by molar-refractivity contribution is 0.310. The Bertz CT molecular complexity index is 1050. The van der Waals surface area contributed by atoms with Crippen molar-refractivity contribution in [3.63, 3.8) is 0 Å². The summed E-state index contributed by atoms with van der Waals surface area (Å²) < 4.78 is 16.8. The molecule has 0 radical (unpaired) electrons. The van der Waals surface area contributed by atoms with Crippen LogP contribution in [0, 0.1) is 23.1 Å². The van der Waals surface area contributed by atoms with Crippen LogP contribution in [-0.2, 0) is 0 Å². The molecule has 3 aromatic rings. The van der Waals surface area contributed by atoms with Crippen molar-refractivity contribution < 1.29 is 9.50 Å². The highest BCUT2D eigenvalue weighted by molar-refractivity contribution is 5.77. The fraction of sp³-hybridized carbons (Fsp3) is 0.429. The summed E-state index contributed by atoms with van der Waals surface area (Å²) in [4.78, 5) is 8.83. The molecule has 0 unspecified atom stereocenters. The van der Waals surface area contributed by atoms with Crippen LogP contribution in [0.5, 0.6) is 0 Å². The normalized spacial score (nSPS) is 18.8. The van der Waals surface area contributed by atoms with Crippen LogP contribution in [0.1, 0.15) is 32.1 Å². The maximum absolute atomic E-state index is 15.1. The molecule has 0 aliphatic heterocycles. The van der Waals surface area contributed by atoms with Gasteiger partial charge in [0, 0.05) is 25.2 Å². The van der Waals surface area contributed by atoms with Crippen molar-refractivity contribution >= 4 is 17.2 Å². The Morgan fingerprint density at radius 3 is 2.77 bits per heavy atom. The average molecular weight is 409 g/mol. The molecule has 0 spiro atoms. The number of aliphatic hydroxyl groups excluding tert-OH is 1. The zero-order chi connectivity index (χ0) is 20.9. The minimum Gasteiger partial charge on any atom is -0.395 e. The van der Waals surface area contributed by atoms with Gasteiger partial charge in [-0.05, 0) is 43.7 Å². The number of halogens is 1. The van der Waals surface area contributed by atoms with E-state index in [1.165, 1.54) is 0 Å². The number of aliphatic hydroxyl groups is 1. The highest BCUT2D eigenvalue weighted by Crippen LogP contribution is 2.31. The number of aromatic nitrogens is 4. The third-order valence-electron chi connectivity index (χ3n) is 5.49. The predicted molar refractivity (Wildman–Crippen MR) is 111 cm³/mol. The molecule has 4 rings (SSSR count). The second-order valence-electron chi connectivity index (χ2n) is 7.52. The van der Waals surface area contributed by atoms with Crippen LogP contribution < -0.4 is 10.6 Å². The van der Waals surface area contributed by atoms with Crippen LogP contribution in [0.3, 0.4) is 0 Å². The highest BCUT2D eigenvalue weighted by atomic mass is 19.1. The van der Waals surface area contributed by atoms with Crippen molar-refractivity contribution in [1.29, 1.82) is 5.26 Å². The van der Waals surface area contributed by atoms with Crippen molar-refractivity contribution in [3.05, 3.63) is 36.4 Å². The van der Waals surface area contributed by atoms with Gasteiger partial charge < -0.3 is 15.7 Å². The standard InChI is InChI=1S/C21H24FN7O/c22-18-20(24-10-12-30)27-19(16-13-25-29-11-2-1-3-17(16)29)28-21(18)26-15-6-4-14(5-7-15)8-9-23/h1-3,11,13-15,30H,4-8,10,12H2,(H2,24,26,27,28). The van der Waals surface area contributed by atoms with Gasteiger partial charge in [0.05, 0.1) is 30.0 Å². The first kappa shape index (κ1) is 20.0. The highest BCUT2D eigenvalue weighted by Gasteiger charge is 2.24. The van der Waals surface area contributed by atoms with Crippen molar-refractivity contribution in [1.82, 2.24) is 19.6 Å². The van der Waals surface area contributed by atoms with Crippen LogP contribution >= 0.6 is 0 Å². The van der Waals surface area contributed by atoms with Gasteiger partial charge in [-0.3, -0.25) is 0 Å². The zero-order valence-corrected chi connectivity index (χ0v) is 16.6. The number of nitriles is 1. The molecular formula is C21H24FN7O. The SMILES string of the molecule is N#CCC1CCC(Nc2nc(-c3cnn4ccccc34)nc(NCCO)c2F)CC1. The van der Waals surface area contributed by atoms with E-state index in [0.29, 0.717) is 23.7 Å². The number of nitrogens with zero attached hydrogens (tertiary/aromatic N) is 5. The monoisotopic (exact) mass is 409 g/mol. The molecule has 0 aromatic carbocycles. The van der Waals surface area contributed by atoms with Crippen molar-refractivity contribution in [2.75, 3.05) is 23.8 Å². The number of anilines is 2. The number of hydrogen-bond donors (Lipinski definition) is 3. The third kappa shape index (κ3) is 4.19. The molecule has 9 heteroatoms. The molecular weight excluding hydrogens is 385 g/mol. The minimum atomic E-state index is -0.567. The van der Waals surface area contributed by atoms with Gasteiger partial charge in [0.15, 0.2) is 17.5 Å². The van der Waals surface area contributed by atoms with E-state index in [4.69, 9.17) is 10.4 Å². The first-order valence-electron chi connectivity index (χ1n) is 10.2. The minimum absolute atomic E-state index is 0.0463. The van der Waals surface area contributed by atoms with Crippen LogP contribution in [-0.4, -0.2) is 43.9 Å². The Kier molecular flexibility index (Phi) is 6.05. The second kappa shape index (κ2) is 9.05. The quantitative estimate of drug-likeness (QED) is 0.549. The van der Waals surface area contributed by atoms with Gasteiger partial charge in [0.25, 0.3) is 0 Å². The summed E-state index contributed by atoms with van der Waals surface area (Å²) in [6, 6.07) is 8.00. The van der Waals surface area contributed by atoms with Crippen molar-refractivity contribution in [2.45, 2.75) is 38.1 Å². The van der Waals surface area contributed by atoms with Gasteiger partial charge in [-0.2, -0.15) is 14.8 Å². The molecule has 1 fully saturated rings.